The first-order valence-corrected chi connectivity index (χ1v) is 12.0. The Morgan fingerprint density at radius 2 is 1.69 bits per heavy atom. The van der Waals surface area contributed by atoms with Crippen molar-refractivity contribution in [2.45, 2.75) is 12.8 Å². The highest BCUT2D eigenvalue weighted by Gasteiger charge is 2.20. The molecule has 1 heterocycles. The van der Waals surface area contributed by atoms with Gasteiger partial charge in [0.1, 0.15) is 11.5 Å². The van der Waals surface area contributed by atoms with Gasteiger partial charge in [-0.1, -0.05) is 36.4 Å². The highest BCUT2D eigenvalue weighted by atomic mass is 16.5. The summed E-state index contributed by atoms with van der Waals surface area (Å²) < 4.78 is 11.1. The van der Waals surface area contributed by atoms with Crippen LogP contribution in [0.25, 0.3) is 10.8 Å². The van der Waals surface area contributed by atoms with Gasteiger partial charge < -0.3 is 19.7 Å². The van der Waals surface area contributed by atoms with Crippen LogP contribution in [0.3, 0.4) is 0 Å². The number of carbonyl (C=O) groups excluding carboxylic acids is 1. The zero-order valence-electron chi connectivity index (χ0n) is 20.4. The molecular weight excluding hydrogens is 440 g/mol. The van der Waals surface area contributed by atoms with E-state index in [1.165, 1.54) is 0 Å². The van der Waals surface area contributed by atoms with Gasteiger partial charge in [0.05, 0.1) is 37.1 Å². The Kier molecular flexibility index (Phi) is 8.07. The number of hydrogen-bond acceptors (Lipinski definition) is 6. The Hall–Kier alpha value is -3.76. The first-order chi connectivity index (χ1) is 17.2. The van der Waals surface area contributed by atoms with Crippen molar-refractivity contribution in [1.82, 2.24) is 10.2 Å². The molecule has 7 heteroatoms. The molecule has 0 atom stereocenters. The van der Waals surface area contributed by atoms with E-state index < -0.39 is 0 Å². The summed E-state index contributed by atoms with van der Waals surface area (Å²) in [6.07, 6.45) is 1.90. The average molecular weight is 473 g/mol. The third-order valence-corrected chi connectivity index (χ3v) is 6.55. The summed E-state index contributed by atoms with van der Waals surface area (Å²) in [7, 11) is 3.27. The standard InChI is InChI=1S/C28H32N4O3/c1-34-26-12-6-5-11-25(26)32-17-15-31(16-18-32)14-8-7-13-30-28(33)24-19-21(20-29)22-9-3-4-10-23(22)27(24)35-2/h3-6,9-12,19H,7-8,13-18H2,1-2H3,(H,30,33). The second kappa shape index (κ2) is 11.6. The number of amides is 1. The Balaban J connectivity index is 1.25. The molecule has 1 amide bonds. The Bertz CT molecular complexity index is 1210. The van der Waals surface area contributed by atoms with Crippen LogP contribution >= 0.6 is 0 Å². The van der Waals surface area contributed by atoms with Gasteiger partial charge in [-0.05, 0) is 37.6 Å². The summed E-state index contributed by atoms with van der Waals surface area (Å²) >= 11 is 0. The second-order valence-corrected chi connectivity index (χ2v) is 8.63. The molecule has 3 aromatic rings. The summed E-state index contributed by atoms with van der Waals surface area (Å²) in [6.45, 7) is 5.55. The lowest BCUT2D eigenvalue weighted by molar-refractivity contribution is 0.0949. The molecular formula is C28H32N4O3. The van der Waals surface area contributed by atoms with Crippen molar-refractivity contribution in [2.24, 2.45) is 0 Å². The van der Waals surface area contributed by atoms with Crippen molar-refractivity contribution < 1.29 is 14.3 Å². The molecule has 0 saturated carbocycles. The van der Waals surface area contributed by atoms with Crippen LogP contribution in [0.5, 0.6) is 11.5 Å². The molecule has 0 aromatic heterocycles. The number of methoxy groups -OCH3 is 2. The number of unbranched alkanes of at least 4 members (excludes halogenated alkanes) is 1. The molecule has 3 aromatic carbocycles. The smallest absolute Gasteiger partial charge is 0.255 e. The van der Waals surface area contributed by atoms with E-state index in [4.69, 9.17) is 9.47 Å². The largest absolute Gasteiger partial charge is 0.495 e. The van der Waals surface area contributed by atoms with E-state index in [1.54, 1.807) is 20.3 Å². The van der Waals surface area contributed by atoms with E-state index in [1.807, 2.05) is 42.5 Å². The van der Waals surface area contributed by atoms with Crippen molar-refractivity contribution in [1.29, 1.82) is 5.26 Å². The first kappa shape index (κ1) is 24.4. The predicted octanol–water partition coefficient (Wildman–Crippen LogP) is 4.06. The third kappa shape index (κ3) is 5.50. The normalized spacial score (nSPS) is 13.9. The third-order valence-electron chi connectivity index (χ3n) is 6.55. The number of nitrogens with zero attached hydrogens (tertiary/aromatic N) is 3. The van der Waals surface area contributed by atoms with Crippen LogP contribution in [0, 0.1) is 11.3 Å². The van der Waals surface area contributed by atoms with Gasteiger partial charge in [0, 0.05) is 43.5 Å². The lowest BCUT2D eigenvalue weighted by Gasteiger charge is -2.36. The second-order valence-electron chi connectivity index (χ2n) is 8.63. The molecule has 7 nitrogen and oxygen atoms in total. The Morgan fingerprint density at radius 1 is 0.971 bits per heavy atom. The fourth-order valence-corrected chi connectivity index (χ4v) is 4.69. The van der Waals surface area contributed by atoms with E-state index in [-0.39, 0.29) is 5.91 Å². The fraction of sp³-hybridized carbons (Fsp3) is 0.357. The van der Waals surface area contributed by atoms with E-state index >= 15 is 0 Å². The van der Waals surface area contributed by atoms with Crippen molar-refractivity contribution in [3.8, 4) is 17.6 Å². The van der Waals surface area contributed by atoms with E-state index in [2.05, 4.69) is 27.3 Å². The van der Waals surface area contributed by atoms with Gasteiger partial charge >= 0.3 is 0 Å². The van der Waals surface area contributed by atoms with Crippen LogP contribution in [0.4, 0.5) is 5.69 Å². The maximum Gasteiger partial charge on any atom is 0.255 e. The molecule has 0 spiro atoms. The van der Waals surface area contributed by atoms with Gasteiger partial charge in [0.2, 0.25) is 0 Å². The lowest BCUT2D eigenvalue weighted by atomic mass is 9.99. The Labute approximate surface area is 206 Å². The highest BCUT2D eigenvalue weighted by molar-refractivity contribution is 6.05. The maximum absolute atomic E-state index is 12.9. The van der Waals surface area contributed by atoms with E-state index in [9.17, 15) is 10.1 Å². The van der Waals surface area contributed by atoms with Crippen molar-refractivity contribution in [3.05, 3.63) is 65.7 Å². The summed E-state index contributed by atoms with van der Waals surface area (Å²) in [5.74, 6) is 1.21. The summed E-state index contributed by atoms with van der Waals surface area (Å²) in [5.41, 5.74) is 2.02. The van der Waals surface area contributed by atoms with E-state index in [0.717, 1.165) is 67.8 Å². The van der Waals surface area contributed by atoms with Gasteiger partial charge in [-0.25, -0.2) is 0 Å². The van der Waals surface area contributed by atoms with Gasteiger partial charge in [-0.15, -0.1) is 0 Å². The zero-order chi connectivity index (χ0) is 24.6. The highest BCUT2D eigenvalue weighted by Crippen LogP contribution is 2.32. The molecule has 1 aliphatic heterocycles. The number of ether oxygens (including phenoxy) is 2. The minimum Gasteiger partial charge on any atom is -0.495 e. The van der Waals surface area contributed by atoms with Crippen LogP contribution < -0.4 is 19.7 Å². The van der Waals surface area contributed by atoms with Crippen molar-refractivity contribution in [3.63, 3.8) is 0 Å². The van der Waals surface area contributed by atoms with Crippen molar-refractivity contribution in [2.75, 3.05) is 58.4 Å². The minimum absolute atomic E-state index is 0.213. The molecule has 35 heavy (non-hydrogen) atoms. The van der Waals surface area contributed by atoms with Crippen LogP contribution in [0.2, 0.25) is 0 Å². The number of piperazine rings is 1. The molecule has 1 saturated heterocycles. The van der Waals surface area contributed by atoms with Gasteiger partial charge in [0.15, 0.2) is 0 Å². The maximum atomic E-state index is 12.9. The molecule has 0 aliphatic carbocycles. The van der Waals surface area contributed by atoms with Gasteiger partial charge in [-0.3, -0.25) is 9.69 Å². The number of para-hydroxylation sites is 2. The molecule has 1 N–H and O–H groups in total. The minimum atomic E-state index is -0.213. The summed E-state index contributed by atoms with van der Waals surface area (Å²) in [5, 5.41) is 14.1. The fourth-order valence-electron chi connectivity index (χ4n) is 4.69. The summed E-state index contributed by atoms with van der Waals surface area (Å²) in [4.78, 5) is 17.7. The number of rotatable bonds is 9. The lowest BCUT2D eigenvalue weighted by Crippen LogP contribution is -2.46. The number of hydrogen-bond donors (Lipinski definition) is 1. The summed E-state index contributed by atoms with van der Waals surface area (Å²) in [6, 6.07) is 19.5. The molecule has 1 fully saturated rings. The Morgan fingerprint density at radius 3 is 2.40 bits per heavy atom. The number of fused-ring (bicyclic) bond motifs is 1. The van der Waals surface area contributed by atoms with Gasteiger partial charge in [-0.2, -0.15) is 5.26 Å². The first-order valence-electron chi connectivity index (χ1n) is 12.0. The molecule has 0 unspecified atom stereocenters. The molecule has 4 rings (SSSR count). The van der Waals surface area contributed by atoms with E-state index in [0.29, 0.717) is 23.4 Å². The number of nitrogens with one attached hydrogen (secondary N) is 1. The number of nitriles is 1. The van der Waals surface area contributed by atoms with Crippen LogP contribution in [0.15, 0.2) is 54.6 Å². The van der Waals surface area contributed by atoms with Crippen LogP contribution in [-0.2, 0) is 0 Å². The van der Waals surface area contributed by atoms with Crippen LogP contribution in [-0.4, -0.2) is 64.3 Å². The average Bonchev–Trinajstić information content (AvgIpc) is 2.92. The SMILES string of the molecule is COc1ccccc1N1CCN(CCCCNC(=O)c2cc(C#N)c3ccccc3c2OC)CC1. The van der Waals surface area contributed by atoms with Crippen molar-refractivity contribution >= 4 is 22.4 Å². The number of anilines is 1. The van der Waals surface area contributed by atoms with Crippen LogP contribution in [0.1, 0.15) is 28.8 Å². The monoisotopic (exact) mass is 472 g/mol. The topological polar surface area (TPSA) is 77.8 Å². The number of benzene rings is 3. The zero-order valence-corrected chi connectivity index (χ0v) is 20.4. The predicted molar refractivity (Wildman–Crippen MR) is 138 cm³/mol. The molecule has 0 bridgehead atoms. The molecule has 182 valence electrons. The quantitative estimate of drug-likeness (QED) is 0.473. The van der Waals surface area contributed by atoms with Gasteiger partial charge in [0.25, 0.3) is 5.91 Å². The molecule has 1 aliphatic rings. The number of carbonyl (C=O) groups is 1. The molecule has 0 radical (unpaired) electrons.